The van der Waals surface area contributed by atoms with Crippen LogP contribution in [0, 0.1) is 18.3 Å². The fourth-order valence-electron chi connectivity index (χ4n) is 1.91. The van der Waals surface area contributed by atoms with E-state index < -0.39 is 16.1 Å². The highest BCUT2D eigenvalue weighted by Crippen LogP contribution is 2.15. The maximum atomic E-state index is 12.2. The zero-order valence-corrected chi connectivity index (χ0v) is 12.0. The normalized spacial score (nSPS) is 20.9. The van der Waals surface area contributed by atoms with Gasteiger partial charge in [-0.05, 0) is 18.6 Å². The average molecular weight is 292 g/mol. The van der Waals surface area contributed by atoms with E-state index >= 15 is 0 Å². The third-order valence-electron chi connectivity index (χ3n) is 3.07. The molecule has 0 radical (unpaired) electrons. The molecule has 0 N–H and O–H groups in total. The van der Waals surface area contributed by atoms with Crippen LogP contribution in [-0.4, -0.2) is 38.5 Å². The number of sulfonamides is 1. The molecule has 0 saturated carbocycles. The van der Waals surface area contributed by atoms with Crippen molar-refractivity contribution >= 4 is 16.1 Å². The largest absolute Gasteiger partial charge is 0.377 e. The molecule has 0 aliphatic carbocycles. The number of aryl methyl sites for hydroxylation is 1. The van der Waals surface area contributed by atoms with Crippen molar-refractivity contribution in [3.05, 3.63) is 40.8 Å². The van der Waals surface area contributed by atoms with Crippen molar-refractivity contribution < 1.29 is 13.2 Å². The standard InChI is InChI=1S/C14H16N2O3S/c1-12-2-4-13(5-3-12)6-9-20(17,18)16-7-8-19-11-14(16)10-15/h2-6,9,14H,7-8,11H2,1H3/b9-6+. The van der Waals surface area contributed by atoms with E-state index in [9.17, 15) is 8.42 Å². The van der Waals surface area contributed by atoms with Crippen LogP contribution in [0.1, 0.15) is 11.1 Å². The molecule has 1 unspecified atom stereocenters. The van der Waals surface area contributed by atoms with Gasteiger partial charge >= 0.3 is 0 Å². The molecule has 1 aliphatic heterocycles. The van der Waals surface area contributed by atoms with Crippen LogP contribution in [0.5, 0.6) is 0 Å². The molecule has 0 aromatic heterocycles. The van der Waals surface area contributed by atoms with Gasteiger partial charge < -0.3 is 4.74 Å². The van der Waals surface area contributed by atoms with Crippen molar-refractivity contribution in [1.29, 1.82) is 5.26 Å². The molecule has 0 amide bonds. The highest BCUT2D eigenvalue weighted by molar-refractivity contribution is 7.92. The van der Waals surface area contributed by atoms with E-state index in [2.05, 4.69) is 0 Å². The fourth-order valence-corrected chi connectivity index (χ4v) is 3.19. The van der Waals surface area contributed by atoms with Crippen LogP contribution in [0.4, 0.5) is 0 Å². The molecule has 1 fully saturated rings. The van der Waals surface area contributed by atoms with Crippen LogP contribution in [0.2, 0.25) is 0 Å². The molecule has 1 aromatic carbocycles. The molecule has 20 heavy (non-hydrogen) atoms. The van der Waals surface area contributed by atoms with Crippen molar-refractivity contribution in [3.8, 4) is 6.07 Å². The van der Waals surface area contributed by atoms with Gasteiger partial charge in [0.05, 0.1) is 19.3 Å². The minimum absolute atomic E-state index is 0.119. The van der Waals surface area contributed by atoms with Crippen molar-refractivity contribution in [3.63, 3.8) is 0 Å². The number of hydrogen-bond acceptors (Lipinski definition) is 4. The summed E-state index contributed by atoms with van der Waals surface area (Å²) < 4.78 is 30.8. The zero-order valence-electron chi connectivity index (χ0n) is 11.2. The molecule has 1 saturated heterocycles. The van der Waals surface area contributed by atoms with Gasteiger partial charge in [-0.15, -0.1) is 0 Å². The van der Waals surface area contributed by atoms with E-state index in [1.165, 1.54) is 4.31 Å². The third kappa shape index (κ3) is 3.45. The summed E-state index contributed by atoms with van der Waals surface area (Å²) in [5.74, 6) is 0. The highest BCUT2D eigenvalue weighted by atomic mass is 32.2. The first-order chi connectivity index (χ1) is 9.53. The maximum absolute atomic E-state index is 12.2. The summed E-state index contributed by atoms with van der Waals surface area (Å²) in [6, 6.07) is 8.73. The van der Waals surface area contributed by atoms with Crippen molar-refractivity contribution in [2.45, 2.75) is 13.0 Å². The Morgan fingerprint density at radius 1 is 1.40 bits per heavy atom. The van der Waals surface area contributed by atoms with Gasteiger partial charge in [-0.3, -0.25) is 0 Å². The molecule has 2 rings (SSSR count). The van der Waals surface area contributed by atoms with Gasteiger partial charge in [-0.1, -0.05) is 29.8 Å². The Morgan fingerprint density at radius 3 is 2.75 bits per heavy atom. The Bertz CT molecular complexity index is 629. The van der Waals surface area contributed by atoms with Gasteiger partial charge in [-0.2, -0.15) is 9.57 Å². The van der Waals surface area contributed by atoms with E-state index in [4.69, 9.17) is 10.00 Å². The molecule has 1 aliphatic rings. The summed E-state index contributed by atoms with van der Waals surface area (Å²) in [7, 11) is -3.60. The number of ether oxygens (including phenoxy) is 1. The Hall–Kier alpha value is -1.68. The SMILES string of the molecule is Cc1ccc(/C=C/S(=O)(=O)N2CCOCC2C#N)cc1. The van der Waals surface area contributed by atoms with Crippen LogP contribution in [-0.2, 0) is 14.8 Å². The quantitative estimate of drug-likeness (QED) is 0.847. The number of rotatable bonds is 3. The van der Waals surface area contributed by atoms with E-state index in [1.54, 1.807) is 6.08 Å². The maximum Gasteiger partial charge on any atom is 0.237 e. The smallest absolute Gasteiger partial charge is 0.237 e. The predicted octanol–water partition coefficient (Wildman–Crippen LogP) is 1.52. The van der Waals surface area contributed by atoms with Crippen LogP contribution in [0.25, 0.3) is 6.08 Å². The second-order valence-corrected chi connectivity index (χ2v) is 6.36. The van der Waals surface area contributed by atoms with E-state index in [0.29, 0.717) is 6.61 Å². The van der Waals surface area contributed by atoms with Crippen LogP contribution >= 0.6 is 0 Å². The van der Waals surface area contributed by atoms with Gasteiger partial charge in [0.15, 0.2) is 0 Å². The Kier molecular flexibility index (Phi) is 4.55. The van der Waals surface area contributed by atoms with Gasteiger partial charge in [0.25, 0.3) is 0 Å². The molecule has 5 nitrogen and oxygen atoms in total. The summed E-state index contributed by atoms with van der Waals surface area (Å²) in [5, 5.41) is 10.1. The molecule has 0 spiro atoms. The second-order valence-electron chi connectivity index (χ2n) is 4.59. The lowest BCUT2D eigenvalue weighted by molar-refractivity contribution is 0.0517. The van der Waals surface area contributed by atoms with Crippen molar-refractivity contribution in [2.75, 3.05) is 19.8 Å². The van der Waals surface area contributed by atoms with Crippen molar-refractivity contribution in [2.24, 2.45) is 0 Å². The molecular weight excluding hydrogens is 276 g/mol. The predicted molar refractivity (Wildman–Crippen MR) is 76.1 cm³/mol. The second kappa shape index (κ2) is 6.18. The summed E-state index contributed by atoms with van der Waals surface area (Å²) in [6.45, 7) is 2.61. The molecule has 1 heterocycles. The van der Waals surface area contributed by atoms with E-state index in [0.717, 1.165) is 16.5 Å². The molecule has 106 valence electrons. The van der Waals surface area contributed by atoms with E-state index in [-0.39, 0.29) is 13.2 Å². The number of nitrogens with zero attached hydrogens (tertiary/aromatic N) is 2. The van der Waals surface area contributed by atoms with Crippen LogP contribution in [0.3, 0.4) is 0 Å². The van der Waals surface area contributed by atoms with Crippen molar-refractivity contribution in [1.82, 2.24) is 4.31 Å². The Morgan fingerprint density at radius 2 is 2.10 bits per heavy atom. The third-order valence-corrected chi connectivity index (χ3v) is 4.64. The molecule has 1 aromatic rings. The molecular formula is C14H16N2O3S. The van der Waals surface area contributed by atoms with Gasteiger partial charge in [0.2, 0.25) is 10.0 Å². The number of morpholine rings is 1. The molecule has 6 heteroatoms. The monoisotopic (exact) mass is 292 g/mol. The number of nitriles is 1. The highest BCUT2D eigenvalue weighted by Gasteiger charge is 2.31. The number of benzene rings is 1. The van der Waals surface area contributed by atoms with Crippen LogP contribution < -0.4 is 0 Å². The first kappa shape index (κ1) is 14.7. The van der Waals surface area contributed by atoms with Gasteiger partial charge in [-0.25, -0.2) is 8.42 Å². The first-order valence-corrected chi connectivity index (χ1v) is 7.77. The minimum atomic E-state index is -3.60. The first-order valence-electron chi connectivity index (χ1n) is 6.27. The molecule has 1 atom stereocenters. The summed E-state index contributed by atoms with van der Waals surface area (Å²) >= 11 is 0. The molecule has 0 bridgehead atoms. The average Bonchev–Trinajstić information content (AvgIpc) is 2.46. The topological polar surface area (TPSA) is 70.4 Å². The fraction of sp³-hybridized carbons (Fsp3) is 0.357. The summed E-state index contributed by atoms with van der Waals surface area (Å²) in [5.41, 5.74) is 1.92. The summed E-state index contributed by atoms with van der Waals surface area (Å²) in [4.78, 5) is 0. The lowest BCUT2D eigenvalue weighted by atomic mass is 10.2. The van der Waals surface area contributed by atoms with Crippen LogP contribution in [0.15, 0.2) is 29.7 Å². The van der Waals surface area contributed by atoms with E-state index in [1.807, 2.05) is 37.3 Å². The minimum Gasteiger partial charge on any atom is -0.377 e. The number of hydrogen-bond donors (Lipinski definition) is 0. The lowest BCUT2D eigenvalue weighted by Crippen LogP contribution is -2.47. The van der Waals surface area contributed by atoms with Gasteiger partial charge in [0, 0.05) is 12.0 Å². The lowest BCUT2D eigenvalue weighted by Gasteiger charge is -2.29. The zero-order chi connectivity index (χ0) is 14.6. The summed E-state index contributed by atoms with van der Waals surface area (Å²) in [6.07, 6.45) is 1.54. The Labute approximate surface area is 119 Å². The Balaban J connectivity index is 2.18. The van der Waals surface area contributed by atoms with Gasteiger partial charge in [0.1, 0.15) is 6.04 Å².